The fraction of sp³-hybridized carbons (Fsp3) is 0.227. The Morgan fingerprint density at radius 1 is 1.21 bits per heavy atom. The molecular formula is C22H21N3O2S. The molecule has 142 valence electrons. The molecule has 2 aromatic carbocycles. The summed E-state index contributed by atoms with van der Waals surface area (Å²) in [6.45, 7) is 4.75. The second-order valence-corrected chi connectivity index (χ2v) is 8.00. The second-order valence-electron chi connectivity index (χ2n) is 7.14. The highest BCUT2D eigenvalue weighted by molar-refractivity contribution is 7.13. The van der Waals surface area contributed by atoms with Crippen LogP contribution in [0.1, 0.15) is 39.5 Å². The lowest BCUT2D eigenvalue weighted by Crippen LogP contribution is -2.14. The topological polar surface area (TPSA) is 71.1 Å². The van der Waals surface area contributed by atoms with Gasteiger partial charge in [0.05, 0.1) is 0 Å². The van der Waals surface area contributed by atoms with Crippen LogP contribution in [0, 0.1) is 13.8 Å². The van der Waals surface area contributed by atoms with Gasteiger partial charge in [-0.2, -0.15) is 0 Å². The molecule has 1 saturated heterocycles. The maximum absolute atomic E-state index is 12.6. The summed E-state index contributed by atoms with van der Waals surface area (Å²) in [5, 5.41) is 8.39. The lowest BCUT2D eigenvalue weighted by molar-refractivity contribution is -0.119. The van der Waals surface area contributed by atoms with Gasteiger partial charge in [0.25, 0.3) is 5.91 Å². The third kappa shape index (κ3) is 3.82. The van der Waals surface area contributed by atoms with Crippen LogP contribution in [0.15, 0.2) is 47.8 Å². The standard InChI is InChI=1S/C22H21N3O2S/c1-13-6-7-18(14(2)8-13)22-25-19(12-28-22)21(27)24-17-5-3-4-15(9-17)16-10-20(26)23-11-16/h3-9,12,16H,10-11H2,1-2H3,(H,23,26)(H,24,27)/t16-/m0/s1. The quantitative estimate of drug-likeness (QED) is 0.697. The summed E-state index contributed by atoms with van der Waals surface area (Å²) >= 11 is 1.47. The number of aryl methyl sites for hydroxylation is 2. The minimum Gasteiger partial charge on any atom is -0.355 e. The number of thiazole rings is 1. The van der Waals surface area contributed by atoms with Crippen LogP contribution >= 0.6 is 11.3 Å². The van der Waals surface area contributed by atoms with Crippen molar-refractivity contribution in [3.63, 3.8) is 0 Å². The van der Waals surface area contributed by atoms with E-state index in [-0.39, 0.29) is 17.7 Å². The molecule has 0 radical (unpaired) electrons. The van der Waals surface area contributed by atoms with Gasteiger partial charge < -0.3 is 10.6 Å². The molecule has 2 N–H and O–H groups in total. The summed E-state index contributed by atoms with van der Waals surface area (Å²) in [6, 6.07) is 13.9. The normalized spacial score (nSPS) is 16.1. The van der Waals surface area contributed by atoms with Gasteiger partial charge >= 0.3 is 0 Å². The van der Waals surface area contributed by atoms with Crippen molar-refractivity contribution in [1.82, 2.24) is 10.3 Å². The van der Waals surface area contributed by atoms with Crippen molar-refractivity contribution in [3.05, 3.63) is 70.2 Å². The lowest BCUT2D eigenvalue weighted by Gasteiger charge is -2.10. The smallest absolute Gasteiger partial charge is 0.275 e. The summed E-state index contributed by atoms with van der Waals surface area (Å²) in [5.41, 5.74) is 5.56. The van der Waals surface area contributed by atoms with Crippen molar-refractivity contribution >= 4 is 28.8 Å². The molecule has 4 rings (SSSR count). The highest BCUT2D eigenvalue weighted by Gasteiger charge is 2.23. The van der Waals surface area contributed by atoms with E-state index in [0.717, 1.165) is 21.7 Å². The summed E-state index contributed by atoms with van der Waals surface area (Å²) in [5.74, 6) is -0.00869. The molecule has 1 aromatic heterocycles. The summed E-state index contributed by atoms with van der Waals surface area (Å²) < 4.78 is 0. The molecule has 5 nitrogen and oxygen atoms in total. The van der Waals surface area contributed by atoms with E-state index < -0.39 is 0 Å². The van der Waals surface area contributed by atoms with Crippen LogP contribution in [0.25, 0.3) is 10.6 Å². The third-order valence-electron chi connectivity index (χ3n) is 4.94. The molecule has 1 atom stereocenters. The van der Waals surface area contributed by atoms with Crippen molar-refractivity contribution in [1.29, 1.82) is 0 Å². The molecule has 1 aliphatic rings. The first kappa shape index (κ1) is 18.4. The Kier molecular flexibility index (Phi) is 4.96. The Morgan fingerprint density at radius 3 is 2.82 bits per heavy atom. The highest BCUT2D eigenvalue weighted by Crippen LogP contribution is 2.28. The van der Waals surface area contributed by atoms with Gasteiger partial charge in [0, 0.05) is 35.5 Å². The van der Waals surface area contributed by atoms with E-state index in [1.54, 1.807) is 5.38 Å². The van der Waals surface area contributed by atoms with Crippen molar-refractivity contribution in [2.75, 3.05) is 11.9 Å². The van der Waals surface area contributed by atoms with E-state index in [2.05, 4.69) is 41.6 Å². The van der Waals surface area contributed by atoms with E-state index in [9.17, 15) is 9.59 Å². The van der Waals surface area contributed by atoms with Crippen molar-refractivity contribution in [2.24, 2.45) is 0 Å². The Bertz CT molecular complexity index is 1060. The van der Waals surface area contributed by atoms with Gasteiger partial charge in [0.2, 0.25) is 5.91 Å². The minimum absolute atomic E-state index is 0.0702. The summed E-state index contributed by atoms with van der Waals surface area (Å²) in [7, 11) is 0. The van der Waals surface area contributed by atoms with Crippen LogP contribution < -0.4 is 10.6 Å². The predicted molar refractivity (Wildman–Crippen MR) is 112 cm³/mol. The number of nitrogens with zero attached hydrogens (tertiary/aromatic N) is 1. The number of hydrogen-bond donors (Lipinski definition) is 2. The lowest BCUT2D eigenvalue weighted by atomic mass is 9.98. The van der Waals surface area contributed by atoms with Crippen molar-refractivity contribution < 1.29 is 9.59 Å². The SMILES string of the molecule is Cc1ccc(-c2nc(C(=O)Nc3cccc([C@@H]4CNC(=O)C4)c3)cs2)c(C)c1. The highest BCUT2D eigenvalue weighted by atomic mass is 32.1. The molecular weight excluding hydrogens is 370 g/mol. The number of benzene rings is 2. The van der Waals surface area contributed by atoms with Crippen molar-refractivity contribution in [3.8, 4) is 10.6 Å². The number of amides is 2. The number of carbonyl (C=O) groups is 2. The molecule has 1 aliphatic heterocycles. The number of nitrogens with one attached hydrogen (secondary N) is 2. The molecule has 2 heterocycles. The fourth-order valence-electron chi connectivity index (χ4n) is 3.46. The first-order valence-electron chi connectivity index (χ1n) is 9.21. The molecule has 0 aliphatic carbocycles. The maximum Gasteiger partial charge on any atom is 0.275 e. The molecule has 0 saturated carbocycles. The monoisotopic (exact) mass is 391 g/mol. The Morgan fingerprint density at radius 2 is 2.07 bits per heavy atom. The van der Waals surface area contributed by atoms with Gasteiger partial charge in [-0.1, -0.05) is 35.9 Å². The van der Waals surface area contributed by atoms with Gasteiger partial charge in [-0.15, -0.1) is 11.3 Å². The van der Waals surface area contributed by atoms with Gasteiger partial charge in [0.1, 0.15) is 10.7 Å². The molecule has 0 spiro atoms. The first-order chi connectivity index (χ1) is 13.5. The Labute approximate surface area is 167 Å². The zero-order chi connectivity index (χ0) is 19.7. The molecule has 6 heteroatoms. The van der Waals surface area contributed by atoms with Crippen LogP contribution in [0.3, 0.4) is 0 Å². The number of anilines is 1. The molecule has 28 heavy (non-hydrogen) atoms. The first-order valence-corrected chi connectivity index (χ1v) is 10.1. The van der Waals surface area contributed by atoms with Gasteiger partial charge in [-0.3, -0.25) is 9.59 Å². The molecule has 2 amide bonds. The van der Waals surface area contributed by atoms with Crippen LogP contribution in [0.2, 0.25) is 0 Å². The third-order valence-corrected chi connectivity index (χ3v) is 5.82. The van der Waals surface area contributed by atoms with E-state index in [4.69, 9.17) is 0 Å². The van der Waals surface area contributed by atoms with Crippen LogP contribution in [-0.4, -0.2) is 23.3 Å². The summed E-state index contributed by atoms with van der Waals surface area (Å²) in [6.07, 6.45) is 0.489. The molecule has 0 bridgehead atoms. The van der Waals surface area contributed by atoms with Gasteiger partial charge in [-0.05, 0) is 37.1 Å². The number of aromatic nitrogens is 1. The number of carbonyl (C=O) groups excluding carboxylic acids is 2. The molecule has 3 aromatic rings. The second kappa shape index (κ2) is 7.56. The van der Waals surface area contributed by atoms with Gasteiger partial charge in [-0.25, -0.2) is 4.98 Å². The van der Waals surface area contributed by atoms with Crippen LogP contribution in [-0.2, 0) is 4.79 Å². The maximum atomic E-state index is 12.6. The Hall–Kier alpha value is -2.99. The largest absolute Gasteiger partial charge is 0.355 e. The zero-order valence-electron chi connectivity index (χ0n) is 15.8. The predicted octanol–water partition coefficient (Wildman–Crippen LogP) is 4.28. The Balaban J connectivity index is 1.50. The average molecular weight is 391 g/mol. The van der Waals surface area contributed by atoms with Crippen molar-refractivity contribution in [2.45, 2.75) is 26.2 Å². The fourth-order valence-corrected chi connectivity index (χ4v) is 4.35. The van der Waals surface area contributed by atoms with E-state index in [0.29, 0.717) is 24.3 Å². The minimum atomic E-state index is -0.231. The molecule has 0 unspecified atom stereocenters. The zero-order valence-corrected chi connectivity index (χ0v) is 16.6. The van der Waals surface area contributed by atoms with Gasteiger partial charge in [0.15, 0.2) is 0 Å². The summed E-state index contributed by atoms with van der Waals surface area (Å²) in [4.78, 5) is 28.6. The average Bonchev–Trinajstić information content (AvgIpc) is 3.31. The molecule has 1 fully saturated rings. The number of rotatable bonds is 4. The van der Waals surface area contributed by atoms with Crippen LogP contribution in [0.4, 0.5) is 5.69 Å². The van der Waals surface area contributed by atoms with Crippen LogP contribution in [0.5, 0.6) is 0 Å². The van der Waals surface area contributed by atoms with E-state index in [1.165, 1.54) is 16.9 Å². The van der Waals surface area contributed by atoms with E-state index in [1.807, 2.05) is 30.3 Å². The number of hydrogen-bond acceptors (Lipinski definition) is 4. The van der Waals surface area contributed by atoms with E-state index >= 15 is 0 Å².